The third kappa shape index (κ3) is 4.59. The lowest BCUT2D eigenvalue weighted by atomic mass is 9.79. The van der Waals surface area contributed by atoms with Crippen molar-refractivity contribution in [1.82, 2.24) is 0 Å². The number of amides is 1. The molecule has 0 saturated heterocycles. The summed E-state index contributed by atoms with van der Waals surface area (Å²) in [6.07, 6.45) is 2.65. The maximum Gasteiger partial charge on any atom is 0.266 e. The van der Waals surface area contributed by atoms with Crippen LogP contribution in [0.1, 0.15) is 56.7 Å². The summed E-state index contributed by atoms with van der Waals surface area (Å²) in [5.74, 6) is 0.577. The number of rotatable bonds is 5. The Kier molecular flexibility index (Phi) is 6.40. The number of carbonyl (C=O) groups excluding carboxylic acids is 1. The van der Waals surface area contributed by atoms with Crippen LogP contribution in [0.15, 0.2) is 42.0 Å². The zero-order valence-corrected chi connectivity index (χ0v) is 19.2. The summed E-state index contributed by atoms with van der Waals surface area (Å²) < 4.78 is 5.65. The lowest BCUT2D eigenvalue weighted by Crippen LogP contribution is -2.48. The number of fused-ring (bicyclic) bond motifs is 1. The molecule has 2 aromatic carbocycles. The summed E-state index contributed by atoms with van der Waals surface area (Å²) >= 11 is 0. The van der Waals surface area contributed by atoms with Gasteiger partial charge in [0.15, 0.2) is 0 Å². The average Bonchev–Trinajstić information content (AvgIpc) is 2.71. The van der Waals surface area contributed by atoms with E-state index < -0.39 is 5.91 Å². The maximum atomic E-state index is 12.7. The van der Waals surface area contributed by atoms with Gasteiger partial charge in [-0.15, -0.1) is 0 Å². The first-order valence-electron chi connectivity index (χ1n) is 10.7. The molecule has 5 heteroatoms. The number of carbonyl (C=O) groups is 1. The number of benzene rings is 2. The first kappa shape index (κ1) is 22.4. The summed E-state index contributed by atoms with van der Waals surface area (Å²) in [5, 5.41) is 12.5. The number of nitrogens with zero attached hydrogens (tertiary/aromatic N) is 2. The predicted molar refractivity (Wildman–Crippen MR) is 127 cm³/mol. The molecule has 0 saturated carbocycles. The monoisotopic (exact) mass is 417 g/mol. The molecular weight excluding hydrogens is 386 g/mol. The van der Waals surface area contributed by atoms with Crippen LogP contribution in [0.25, 0.3) is 6.08 Å². The Balaban J connectivity index is 2.01. The molecule has 1 heterocycles. The van der Waals surface area contributed by atoms with Gasteiger partial charge in [0.2, 0.25) is 0 Å². The van der Waals surface area contributed by atoms with Crippen LogP contribution in [-0.4, -0.2) is 25.1 Å². The van der Waals surface area contributed by atoms with E-state index in [1.165, 1.54) is 5.56 Å². The summed E-state index contributed by atoms with van der Waals surface area (Å²) in [5.41, 5.74) is 4.89. The van der Waals surface area contributed by atoms with Gasteiger partial charge < -0.3 is 15.0 Å². The zero-order chi connectivity index (χ0) is 22.8. The Labute approximate surface area is 185 Å². The molecule has 1 aliphatic rings. The summed E-state index contributed by atoms with van der Waals surface area (Å²) in [7, 11) is 1.62. The smallest absolute Gasteiger partial charge is 0.266 e. The molecule has 3 rings (SSSR count). The van der Waals surface area contributed by atoms with Gasteiger partial charge >= 0.3 is 0 Å². The Morgan fingerprint density at radius 2 is 2.10 bits per heavy atom. The molecule has 1 N–H and O–H groups in total. The topological polar surface area (TPSA) is 65.4 Å². The van der Waals surface area contributed by atoms with Crippen molar-refractivity contribution in [3.8, 4) is 11.8 Å². The van der Waals surface area contributed by atoms with Gasteiger partial charge in [-0.25, -0.2) is 0 Å². The van der Waals surface area contributed by atoms with E-state index in [1.54, 1.807) is 13.2 Å². The highest BCUT2D eigenvalue weighted by Gasteiger charge is 2.36. The van der Waals surface area contributed by atoms with E-state index in [0.717, 1.165) is 29.8 Å². The van der Waals surface area contributed by atoms with Crippen molar-refractivity contribution in [2.24, 2.45) is 0 Å². The average molecular weight is 418 g/mol. The van der Waals surface area contributed by atoms with Crippen molar-refractivity contribution in [2.45, 2.75) is 52.5 Å². The van der Waals surface area contributed by atoms with E-state index in [2.05, 4.69) is 44.0 Å². The highest BCUT2D eigenvalue weighted by molar-refractivity contribution is 6.10. The second-order valence-corrected chi connectivity index (χ2v) is 8.81. The van der Waals surface area contributed by atoms with E-state index in [-0.39, 0.29) is 11.1 Å². The van der Waals surface area contributed by atoms with Gasteiger partial charge in [0.25, 0.3) is 5.91 Å². The van der Waals surface area contributed by atoms with Crippen LogP contribution in [0.2, 0.25) is 0 Å². The van der Waals surface area contributed by atoms with Gasteiger partial charge in [0.05, 0.1) is 7.11 Å². The fraction of sp³-hybridized carbons (Fsp3) is 0.385. The van der Waals surface area contributed by atoms with Crippen LogP contribution < -0.4 is 15.0 Å². The molecule has 0 spiro atoms. The van der Waals surface area contributed by atoms with E-state index in [0.29, 0.717) is 17.4 Å². The Hall–Kier alpha value is -3.26. The van der Waals surface area contributed by atoms with Gasteiger partial charge in [-0.3, -0.25) is 4.79 Å². The standard InChI is InChI=1S/C26H31N3O2/c1-7-29-23-14-24(31-6)19(13-22(23)18(3)15-26(29,4)5)12-20(16-27)25(30)28-21-10-8-9-17(2)11-21/h8-14,18H,7,15H2,1-6H3,(H,28,30)/b20-12+. The van der Waals surface area contributed by atoms with E-state index in [9.17, 15) is 10.1 Å². The van der Waals surface area contributed by atoms with Crippen LogP contribution in [-0.2, 0) is 4.79 Å². The van der Waals surface area contributed by atoms with Gasteiger partial charge in [0.1, 0.15) is 17.4 Å². The van der Waals surface area contributed by atoms with Crippen LogP contribution >= 0.6 is 0 Å². The number of aryl methyl sites for hydroxylation is 1. The normalized spacial score (nSPS) is 17.5. The number of nitrogens with one attached hydrogen (secondary N) is 1. The molecule has 2 aromatic rings. The van der Waals surface area contributed by atoms with E-state index in [1.807, 2.05) is 43.3 Å². The third-order valence-corrected chi connectivity index (χ3v) is 5.99. The second-order valence-electron chi connectivity index (χ2n) is 8.81. The van der Waals surface area contributed by atoms with Crippen molar-refractivity contribution >= 4 is 23.4 Å². The quantitative estimate of drug-likeness (QED) is 0.503. The lowest BCUT2D eigenvalue weighted by Gasteiger charge is -2.47. The fourth-order valence-corrected chi connectivity index (χ4v) is 4.64. The molecule has 0 fully saturated rings. The molecule has 0 aliphatic carbocycles. The summed E-state index contributed by atoms with van der Waals surface area (Å²) in [4.78, 5) is 15.1. The van der Waals surface area contributed by atoms with Crippen molar-refractivity contribution < 1.29 is 9.53 Å². The molecule has 0 bridgehead atoms. The molecule has 1 unspecified atom stereocenters. The van der Waals surface area contributed by atoms with E-state index in [4.69, 9.17) is 4.74 Å². The van der Waals surface area contributed by atoms with Gasteiger partial charge in [-0.2, -0.15) is 5.26 Å². The van der Waals surface area contributed by atoms with Gasteiger partial charge in [-0.1, -0.05) is 19.1 Å². The number of anilines is 2. The number of nitriles is 1. The minimum atomic E-state index is -0.433. The predicted octanol–water partition coefficient (Wildman–Crippen LogP) is 5.66. The lowest BCUT2D eigenvalue weighted by molar-refractivity contribution is -0.112. The zero-order valence-electron chi connectivity index (χ0n) is 19.2. The van der Waals surface area contributed by atoms with Crippen molar-refractivity contribution in [3.63, 3.8) is 0 Å². The van der Waals surface area contributed by atoms with Crippen molar-refractivity contribution in [1.29, 1.82) is 5.26 Å². The highest BCUT2D eigenvalue weighted by atomic mass is 16.5. The number of hydrogen-bond acceptors (Lipinski definition) is 4. The SMILES string of the molecule is CCN1c2cc(OC)c(/C=C(\C#N)C(=O)Nc3cccc(C)c3)cc2C(C)CC1(C)C. The molecule has 1 amide bonds. The third-order valence-electron chi connectivity index (χ3n) is 5.99. The molecule has 1 aliphatic heterocycles. The fourth-order valence-electron chi connectivity index (χ4n) is 4.64. The Bertz CT molecular complexity index is 1060. The first-order chi connectivity index (χ1) is 14.7. The Morgan fingerprint density at radius 1 is 1.35 bits per heavy atom. The second kappa shape index (κ2) is 8.85. The van der Waals surface area contributed by atoms with Crippen LogP contribution in [0.3, 0.4) is 0 Å². The summed E-state index contributed by atoms with van der Waals surface area (Å²) in [6.45, 7) is 11.8. The molecule has 0 aromatic heterocycles. The molecule has 162 valence electrons. The number of methoxy groups -OCH3 is 1. The van der Waals surface area contributed by atoms with Crippen LogP contribution in [0, 0.1) is 18.3 Å². The summed E-state index contributed by atoms with van der Waals surface area (Å²) in [6, 6.07) is 13.6. The maximum absolute atomic E-state index is 12.7. The largest absolute Gasteiger partial charge is 0.496 e. The first-order valence-corrected chi connectivity index (χ1v) is 10.7. The van der Waals surface area contributed by atoms with Crippen molar-refractivity contribution in [3.05, 3.63) is 58.7 Å². The van der Waals surface area contributed by atoms with Crippen LogP contribution in [0.5, 0.6) is 5.75 Å². The molecule has 1 atom stereocenters. The minimum absolute atomic E-state index is 0.0379. The van der Waals surface area contributed by atoms with Gasteiger partial charge in [-0.05, 0) is 75.4 Å². The number of ether oxygens (including phenoxy) is 1. The van der Waals surface area contributed by atoms with Gasteiger partial charge in [0, 0.05) is 35.1 Å². The van der Waals surface area contributed by atoms with Crippen LogP contribution in [0.4, 0.5) is 11.4 Å². The molecule has 5 nitrogen and oxygen atoms in total. The highest BCUT2D eigenvalue weighted by Crippen LogP contribution is 2.45. The minimum Gasteiger partial charge on any atom is -0.496 e. The number of hydrogen-bond donors (Lipinski definition) is 1. The van der Waals surface area contributed by atoms with E-state index >= 15 is 0 Å². The molecular formula is C26H31N3O2. The van der Waals surface area contributed by atoms with Crippen molar-refractivity contribution in [2.75, 3.05) is 23.9 Å². The molecule has 31 heavy (non-hydrogen) atoms. The molecule has 0 radical (unpaired) electrons. The Morgan fingerprint density at radius 3 is 2.71 bits per heavy atom.